The molecule has 9 nitrogen and oxygen atoms in total. The standard InChI is InChI=1S/C19H20N6O3/c1-13(26)17-18(21-10-11-22-19(27)14-4-3-9-20-12-14)25(24-23-17)15-5-7-16(28-2)8-6-15/h3-9,12,21H,10-11H2,1-2H3,(H,22,27). The van der Waals surface area contributed by atoms with Crippen LogP contribution < -0.4 is 15.4 Å². The van der Waals surface area contributed by atoms with E-state index >= 15 is 0 Å². The summed E-state index contributed by atoms with van der Waals surface area (Å²) in [5, 5.41) is 14.0. The molecule has 2 N–H and O–H groups in total. The largest absolute Gasteiger partial charge is 0.497 e. The van der Waals surface area contributed by atoms with E-state index in [9.17, 15) is 9.59 Å². The molecular weight excluding hydrogens is 360 g/mol. The van der Waals surface area contributed by atoms with Crippen LogP contribution >= 0.6 is 0 Å². The van der Waals surface area contributed by atoms with Gasteiger partial charge in [-0.15, -0.1) is 5.10 Å². The second-order valence-corrected chi connectivity index (χ2v) is 5.88. The summed E-state index contributed by atoms with van der Waals surface area (Å²) in [5.41, 5.74) is 1.44. The van der Waals surface area contributed by atoms with Crippen LogP contribution in [0.2, 0.25) is 0 Å². The molecule has 0 radical (unpaired) electrons. The first kappa shape index (κ1) is 19.0. The molecule has 1 amide bonds. The van der Waals surface area contributed by atoms with Crippen LogP contribution in [-0.4, -0.2) is 51.9 Å². The molecule has 0 aliphatic carbocycles. The Labute approximate surface area is 161 Å². The molecule has 0 unspecified atom stereocenters. The van der Waals surface area contributed by atoms with E-state index in [-0.39, 0.29) is 17.4 Å². The van der Waals surface area contributed by atoms with Crippen LogP contribution in [0.15, 0.2) is 48.8 Å². The fraction of sp³-hybridized carbons (Fsp3) is 0.211. The van der Waals surface area contributed by atoms with Crippen molar-refractivity contribution < 1.29 is 14.3 Å². The maximum absolute atomic E-state index is 12.1. The summed E-state index contributed by atoms with van der Waals surface area (Å²) < 4.78 is 6.70. The minimum Gasteiger partial charge on any atom is -0.497 e. The molecule has 0 bridgehead atoms. The molecule has 9 heteroatoms. The molecule has 3 aromatic rings. The Morgan fingerprint density at radius 1 is 1.14 bits per heavy atom. The number of pyridine rings is 1. The monoisotopic (exact) mass is 380 g/mol. The van der Waals surface area contributed by atoms with Gasteiger partial charge in [-0.3, -0.25) is 14.6 Å². The van der Waals surface area contributed by atoms with Gasteiger partial charge in [0.25, 0.3) is 5.91 Å². The second-order valence-electron chi connectivity index (χ2n) is 5.88. The highest BCUT2D eigenvalue weighted by Gasteiger charge is 2.17. The summed E-state index contributed by atoms with van der Waals surface area (Å²) in [6, 6.07) is 10.6. The number of nitrogens with zero attached hydrogens (tertiary/aromatic N) is 4. The van der Waals surface area contributed by atoms with Gasteiger partial charge in [-0.1, -0.05) is 5.21 Å². The summed E-state index contributed by atoms with van der Waals surface area (Å²) in [6.07, 6.45) is 3.11. The van der Waals surface area contributed by atoms with Crippen molar-refractivity contribution in [2.45, 2.75) is 6.92 Å². The van der Waals surface area contributed by atoms with Gasteiger partial charge in [-0.25, -0.2) is 0 Å². The van der Waals surface area contributed by atoms with E-state index in [1.54, 1.807) is 42.3 Å². The predicted molar refractivity (Wildman–Crippen MR) is 103 cm³/mol. The third kappa shape index (κ3) is 4.32. The topological polar surface area (TPSA) is 111 Å². The van der Waals surface area contributed by atoms with Gasteiger partial charge in [0.2, 0.25) is 0 Å². The highest BCUT2D eigenvalue weighted by Crippen LogP contribution is 2.20. The van der Waals surface area contributed by atoms with E-state index in [0.717, 1.165) is 5.69 Å². The number of hydrogen-bond acceptors (Lipinski definition) is 7. The molecule has 144 valence electrons. The number of rotatable bonds is 8. The second kappa shape index (κ2) is 8.76. The van der Waals surface area contributed by atoms with E-state index < -0.39 is 0 Å². The van der Waals surface area contributed by atoms with E-state index in [2.05, 4.69) is 25.9 Å². The zero-order valence-corrected chi connectivity index (χ0v) is 15.5. The van der Waals surface area contributed by atoms with Gasteiger partial charge in [-0.2, -0.15) is 4.68 Å². The number of ether oxygens (including phenoxy) is 1. The quantitative estimate of drug-likeness (QED) is 0.452. The predicted octanol–water partition coefficient (Wildman–Crippen LogP) is 1.72. The maximum Gasteiger partial charge on any atom is 0.252 e. The minimum atomic E-state index is -0.219. The van der Waals surface area contributed by atoms with Crippen LogP contribution in [0.3, 0.4) is 0 Å². The number of amides is 1. The Balaban J connectivity index is 1.69. The SMILES string of the molecule is COc1ccc(-n2nnc(C(C)=O)c2NCCNC(=O)c2cccnc2)cc1. The molecular formula is C19H20N6O3. The Morgan fingerprint density at radius 3 is 2.57 bits per heavy atom. The van der Waals surface area contributed by atoms with Crippen molar-refractivity contribution in [2.75, 3.05) is 25.5 Å². The van der Waals surface area contributed by atoms with Crippen LogP contribution in [0, 0.1) is 0 Å². The Hall–Kier alpha value is -3.75. The third-order valence-corrected chi connectivity index (χ3v) is 3.95. The smallest absolute Gasteiger partial charge is 0.252 e. The van der Waals surface area contributed by atoms with Crippen LogP contribution in [-0.2, 0) is 0 Å². The molecule has 28 heavy (non-hydrogen) atoms. The van der Waals surface area contributed by atoms with Crippen molar-refractivity contribution in [3.05, 3.63) is 60.0 Å². The van der Waals surface area contributed by atoms with E-state index in [1.807, 2.05) is 12.1 Å². The average molecular weight is 380 g/mol. The summed E-state index contributed by atoms with van der Waals surface area (Å²) in [6.45, 7) is 2.16. The number of ketones is 1. The van der Waals surface area contributed by atoms with Crippen molar-refractivity contribution >= 4 is 17.5 Å². The molecule has 0 fully saturated rings. The molecule has 0 saturated heterocycles. The van der Waals surface area contributed by atoms with Crippen LogP contribution in [0.5, 0.6) is 5.75 Å². The Kier molecular flexibility index (Phi) is 5.95. The van der Waals surface area contributed by atoms with Crippen molar-refractivity contribution in [3.8, 4) is 11.4 Å². The number of methoxy groups -OCH3 is 1. The van der Waals surface area contributed by atoms with Gasteiger partial charge in [0.1, 0.15) is 5.75 Å². The van der Waals surface area contributed by atoms with Gasteiger partial charge in [-0.05, 0) is 36.4 Å². The third-order valence-electron chi connectivity index (χ3n) is 3.95. The maximum atomic E-state index is 12.1. The minimum absolute atomic E-state index is 0.207. The van der Waals surface area contributed by atoms with Gasteiger partial charge in [0.15, 0.2) is 17.3 Å². The van der Waals surface area contributed by atoms with Gasteiger partial charge >= 0.3 is 0 Å². The summed E-state index contributed by atoms with van der Waals surface area (Å²) in [7, 11) is 1.59. The van der Waals surface area contributed by atoms with Gasteiger partial charge < -0.3 is 15.4 Å². The lowest BCUT2D eigenvalue weighted by molar-refractivity contribution is 0.0953. The molecule has 2 aromatic heterocycles. The van der Waals surface area contributed by atoms with Crippen molar-refractivity contribution in [1.29, 1.82) is 0 Å². The molecule has 1 aromatic carbocycles. The summed E-state index contributed by atoms with van der Waals surface area (Å²) in [4.78, 5) is 27.9. The molecule has 0 aliphatic rings. The molecule has 0 saturated carbocycles. The van der Waals surface area contributed by atoms with Crippen LogP contribution in [0.25, 0.3) is 5.69 Å². The first-order valence-corrected chi connectivity index (χ1v) is 8.63. The van der Waals surface area contributed by atoms with E-state index in [0.29, 0.717) is 30.2 Å². The van der Waals surface area contributed by atoms with Gasteiger partial charge in [0.05, 0.1) is 18.4 Å². The molecule has 2 heterocycles. The first-order valence-electron chi connectivity index (χ1n) is 8.63. The number of carbonyl (C=O) groups excluding carboxylic acids is 2. The lowest BCUT2D eigenvalue weighted by atomic mass is 10.2. The molecule has 0 spiro atoms. The number of nitrogens with one attached hydrogen (secondary N) is 2. The fourth-order valence-corrected chi connectivity index (χ4v) is 2.54. The number of carbonyl (C=O) groups is 2. The fourth-order valence-electron chi connectivity index (χ4n) is 2.54. The van der Waals surface area contributed by atoms with Crippen molar-refractivity contribution in [3.63, 3.8) is 0 Å². The normalized spacial score (nSPS) is 10.4. The number of benzene rings is 1. The van der Waals surface area contributed by atoms with Crippen molar-refractivity contribution in [2.24, 2.45) is 0 Å². The zero-order chi connectivity index (χ0) is 19.9. The molecule has 0 aliphatic heterocycles. The number of aromatic nitrogens is 4. The Morgan fingerprint density at radius 2 is 1.93 bits per heavy atom. The van der Waals surface area contributed by atoms with E-state index in [4.69, 9.17) is 4.74 Å². The molecule has 0 atom stereocenters. The summed E-state index contributed by atoms with van der Waals surface area (Å²) >= 11 is 0. The summed E-state index contributed by atoms with van der Waals surface area (Å²) in [5.74, 6) is 0.752. The lowest BCUT2D eigenvalue weighted by Crippen LogP contribution is -2.29. The number of hydrogen-bond donors (Lipinski definition) is 2. The Bertz CT molecular complexity index is 954. The first-order chi connectivity index (χ1) is 13.6. The van der Waals surface area contributed by atoms with Gasteiger partial charge in [0, 0.05) is 32.4 Å². The number of anilines is 1. The van der Waals surface area contributed by atoms with Crippen LogP contribution in [0.4, 0.5) is 5.82 Å². The highest BCUT2D eigenvalue weighted by molar-refractivity contribution is 5.97. The zero-order valence-electron chi connectivity index (χ0n) is 15.5. The molecule has 3 rings (SSSR count). The van der Waals surface area contributed by atoms with Crippen molar-refractivity contribution in [1.82, 2.24) is 25.3 Å². The number of Topliss-reactive ketones (excluding diaryl/α,β-unsaturated/α-hetero) is 1. The van der Waals surface area contributed by atoms with Crippen LogP contribution in [0.1, 0.15) is 27.8 Å². The highest BCUT2D eigenvalue weighted by atomic mass is 16.5. The van der Waals surface area contributed by atoms with E-state index in [1.165, 1.54) is 13.1 Å². The average Bonchev–Trinajstić information content (AvgIpc) is 3.16. The lowest BCUT2D eigenvalue weighted by Gasteiger charge is -2.11.